The second-order valence-electron chi connectivity index (χ2n) is 6.46. The van der Waals surface area contributed by atoms with Crippen molar-refractivity contribution in [3.8, 4) is 5.75 Å². The fraction of sp³-hybridized carbons (Fsp3) is 0.667. The minimum atomic E-state index is 0.745. The molecular formula is C18H28N2O. The van der Waals surface area contributed by atoms with Crippen molar-refractivity contribution in [1.29, 1.82) is 0 Å². The van der Waals surface area contributed by atoms with E-state index in [2.05, 4.69) is 28.4 Å². The lowest BCUT2D eigenvalue weighted by atomic mass is 9.97. The van der Waals surface area contributed by atoms with Gasteiger partial charge in [0.1, 0.15) is 5.75 Å². The first kappa shape index (κ1) is 14.9. The number of piperidine rings is 1. The predicted molar refractivity (Wildman–Crippen MR) is 86.9 cm³/mol. The summed E-state index contributed by atoms with van der Waals surface area (Å²) in [4.78, 5) is 2.69. The Kier molecular flexibility index (Phi) is 5.15. The number of rotatable bonds is 6. The Morgan fingerprint density at radius 1 is 1.29 bits per heavy atom. The molecule has 2 fully saturated rings. The minimum Gasteiger partial charge on any atom is -0.497 e. The van der Waals surface area contributed by atoms with Crippen LogP contribution in [0.25, 0.3) is 0 Å². The van der Waals surface area contributed by atoms with E-state index < -0.39 is 0 Å². The van der Waals surface area contributed by atoms with Crippen molar-refractivity contribution in [1.82, 2.24) is 10.2 Å². The van der Waals surface area contributed by atoms with Gasteiger partial charge < -0.3 is 15.0 Å². The quantitative estimate of drug-likeness (QED) is 0.815. The zero-order chi connectivity index (χ0) is 14.5. The van der Waals surface area contributed by atoms with E-state index in [9.17, 15) is 0 Å². The lowest BCUT2D eigenvalue weighted by Gasteiger charge is -2.35. The smallest absolute Gasteiger partial charge is 0.119 e. The second-order valence-corrected chi connectivity index (χ2v) is 6.46. The van der Waals surface area contributed by atoms with Crippen LogP contribution in [0, 0.1) is 0 Å². The second kappa shape index (κ2) is 7.28. The largest absolute Gasteiger partial charge is 0.497 e. The summed E-state index contributed by atoms with van der Waals surface area (Å²) in [6, 6.07) is 10.1. The van der Waals surface area contributed by atoms with E-state index in [0.717, 1.165) is 30.8 Å². The van der Waals surface area contributed by atoms with E-state index in [1.807, 2.05) is 6.07 Å². The van der Waals surface area contributed by atoms with Crippen molar-refractivity contribution in [3.63, 3.8) is 0 Å². The summed E-state index contributed by atoms with van der Waals surface area (Å²) in [6.45, 7) is 3.78. The molecule has 3 heteroatoms. The summed E-state index contributed by atoms with van der Waals surface area (Å²) in [5.74, 6) is 0.967. The SMILES string of the molecule is COc1cccc(CCCN[C@@H]2CCN3CCC[C@H]3C2)c1. The van der Waals surface area contributed by atoms with Gasteiger partial charge in [-0.2, -0.15) is 0 Å². The van der Waals surface area contributed by atoms with Gasteiger partial charge in [-0.1, -0.05) is 12.1 Å². The van der Waals surface area contributed by atoms with Gasteiger partial charge in [-0.05, 0) is 75.9 Å². The Balaban J connectivity index is 1.36. The van der Waals surface area contributed by atoms with Crippen LogP contribution in [0.15, 0.2) is 24.3 Å². The number of benzene rings is 1. The number of aryl methyl sites for hydroxylation is 1. The molecule has 0 spiro atoms. The van der Waals surface area contributed by atoms with Crippen LogP contribution < -0.4 is 10.1 Å². The Hall–Kier alpha value is -1.06. The Morgan fingerprint density at radius 3 is 3.14 bits per heavy atom. The third-order valence-corrected chi connectivity index (χ3v) is 5.03. The highest BCUT2D eigenvalue weighted by atomic mass is 16.5. The van der Waals surface area contributed by atoms with Crippen molar-refractivity contribution >= 4 is 0 Å². The van der Waals surface area contributed by atoms with E-state index in [4.69, 9.17) is 4.74 Å². The summed E-state index contributed by atoms with van der Waals surface area (Å²) >= 11 is 0. The van der Waals surface area contributed by atoms with Crippen molar-refractivity contribution in [2.24, 2.45) is 0 Å². The molecule has 1 aromatic carbocycles. The summed E-state index contributed by atoms with van der Waals surface area (Å²) in [7, 11) is 1.73. The monoisotopic (exact) mass is 288 g/mol. The number of nitrogens with one attached hydrogen (secondary N) is 1. The summed E-state index contributed by atoms with van der Waals surface area (Å²) in [5.41, 5.74) is 1.38. The van der Waals surface area contributed by atoms with Gasteiger partial charge in [0.2, 0.25) is 0 Å². The third kappa shape index (κ3) is 3.98. The number of hydrogen-bond acceptors (Lipinski definition) is 3. The average molecular weight is 288 g/mol. The Morgan fingerprint density at radius 2 is 2.24 bits per heavy atom. The molecule has 0 bridgehead atoms. The van der Waals surface area contributed by atoms with Crippen LogP contribution in [-0.2, 0) is 6.42 Å². The molecule has 21 heavy (non-hydrogen) atoms. The maximum absolute atomic E-state index is 5.28. The maximum Gasteiger partial charge on any atom is 0.119 e. The maximum atomic E-state index is 5.28. The number of nitrogens with zero attached hydrogens (tertiary/aromatic N) is 1. The minimum absolute atomic E-state index is 0.745. The summed E-state index contributed by atoms with van der Waals surface area (Å²) in [5, 5.41) is 3.78. The van der Waals surface area contributed by atoms with Crippen LogP contribution >= 0.6 is 0 Å². The highest BCUT2D eigenvalue weighted by Crippen LogP contribution is 2.26. The molecular weight excluding hydrogens is 260 g/mol. The lowest BCUT2D eigenvalue weighted by Crippen LogP contribution is -2.45. The highest BCUT2D eigenvalue weighted by Gasteiger charge is 2.31. The van der Waals surface area contributed by atoms with E-state index in [0.29, 0.717) is 0 Å². The van der Waals surface area contributed by atoms with E-state index in [1.165, 1.54) is 50.8 Å². The molecule has 0 aliphatic carbocycles. The predicted octanol–water partition coefficient (Wildman–Crippen LogP) is 2.84. The molecule has 2 atom stereocenters. The molecule has 2 aliphatic rings. The summed E-state index contributed by atoms with van der Waals surface area (Å²) in [6.07, 6.45) is 7.86. The Labute approximate surface area is 128 Å². The van der Waals surface area contributed by atoms with E-state index in [-0.39, 0.29) is 0 Å². The van der Waals surface area contributed by atoms with Crippen LogP contribution in [0.5, 0.6) is 5.75 Å². The average Bonchev–Trinajstić information content (AvgIpc) is 2.99. The topological polar surface area (TPSA) is 24.5 Å². The molecule has 2 aliphatic heterocycles. The zero-order valence-electron chi connectivity index (χ0n) is 13.2. The molecule has 116 valence electrons. The molecule has 3 rings (SSSR count). The Bertz CT molecular complexity index is 449. The van der Waals surface area contributed by atoms with Gasteiger partial charge in [0.05, 0.1) is 7.11 Å². The van der Waals surface area contributed by atoms with Crippen LogP contribution in [-0.4, -0.2) is 43.7 Å². The van der Waals surface area contributed by atoms with Gasteiger partial charge in [-0.15, -0.1) is 0 Å². The fourth-order valence-electron chi connectivity index (χ4n) is 3.84. The van der Waals surface area contributed by atoms with Crippen molar-refractivity contribution in [2.45, 2.75) is 50.6 Å². The first-order valence-electron chi connectivity index (χ1n) is 8.45. The number of hydrogen-bond donors (Lipinski definition) is 1. The van der Waals surface area contributed by atoms with E-state index in [1.54, 1.807) is 7.11 Å². The fourth-order valence-corrected chi connectivity index (χ4v) is 3.84. The third-order valence-electron chi connectivity index (χ3n) is 5.03. The molecule has 2 heterocycles. The van der Waals surface area contributed by atoms with Crippen LogP contribution in [0.3, 0.4) is 0 Å². The normalized spacial score (nSPS) is 25.8. The molecule has 0 radical (unpaired) electrons. The van der Waals surface area contributed by atoms with Gasteiger partial charge >= 0.3 is 0 Å². The van der Waals surface area contributed by atoms with Gasteiger partial charge in [0.15, 0.2) is 0 Å². The van der Waals surface area contributed by atoms with Crippen molar-refractivity contribution < 1.29 is 4.74 Å². The highest BCUT2D eigenvalue weighted by molar-refractivity contribution is 5.28. The number of fused-ring (bicyclic) bond motifs is 1. The first-order valence-corrected chi connectivity index (χ1v) is 8.45. The lowest BCUT2D eigenvalue weighted by molar-refractivity contribution is 0.167. The molecule has 1 N–H and O–H groups in total. The first-order chi connectivity index (χ1) is 10.3. The molecule has 0 aromatic heterocycles. The van der Waals surface area contributed by atoms with Crippen LogP contribution in [0.1, 0.15) is 37.7 Å². The molecule has 0 saturated carbocycles. The number of methoxy groups -OCH3 is 1. The van der Waals surface area contributed by atoms with Crippen molar-refractivity contribution in [3.05, 3.63) is 29.8 Å². The molecule has 2 saturated heterocycles. The summed E-state index contributed by atoms with van der Waals surface area (Å²) < 4.78 is 5.28. The number of ether oxygens (including phenoxy) is 1. The molecule has 3 nitrogen and oxygen atoms in total. The molecule has 0 unspecified atom stereocenters. The van der Waals surface area contributed by atoms with Gasteiger partial charge in [-0.25, -0.2) is 0 Å². The van der Waals surface area contributed by atoms with Crippen LogP contribution in [0.2, 0.25) is 0 Å². The van der Waals surface area contributed by atoms with Gasteiger partial charge in [0, 0.05) is 12.1 Å². The molecule has 0 amide bonds. The molecule has 1 aromatic rings. The van der Waals surface area contributed by atoms with Gasteiger partial charge in [-0.3, -0.25) is 0 Å². The van der Waals surface area contributed by atoms with Crippen LogP contribution in [0.4, 0.5) is 0 Å². The van der Waals surface area contributed by atoms with E-state index >= 15 is 0 Å². The zero-order valence-corrected chi connectivity index (χ0v) is 13.2. The standard InChI is InChI=1S/C18H28N2O/c1-21-18-8-2-5-15(13-18)6-3-10-19-16-9-12-20-11-4-7-17(20)14-16/h2,5,8,13,16-17,19H,3-4,6-7,9-12,14H2,1H3/t16-,17+/m1/s1. The van der Waals surface area contributed by atoms with Crippen molar-refractivity contribution in [2.75, 3.05) is 26.7 Å². The van der Waals surface area contributed by atoms with Gasteiger partial charge in [0.25, 0.3) is 0 Å².